The molecule has 0 fully saturated rings. The fourth-order valence-electron chi connectivity index (χ4n) is 9.33. The van der Waals surface area contributed by atoms with Crippen LogP contribution in [0.15, 0.2) is 235 Å². The van der Waals surface area contributed by atoms with Crippen molar-refractivity contribution in [3.05, 3.63) is 231 Å². The van der Waals surface area contributed by atoms with Crippen molar-refractivity contribution in [3.63, 3.8) is 0 Å². The maximum Gasteiger partial charge on any atom is 0.136 e. The zero-order chi connectivity index (χ0) is 40.3. The van der Waals surface area contributed by atoms with Crippen molar-refractivity contribution < 1.29 is 4.42 Å². The van der Waals surface area contributed by atoms with Crippen molar-refractivity contribution in [1.82, 2.24) is 4.57 Å². The SMILES string of the molecule is c1ccc(-c2ccc(-c3ccc4ccccc4c3)cc2N(c2ccc(-c3cccc4oc5ccccc5c34)cc2)c2cccc(-n3c4ccccc4c4ccccc43)c2)cc1. The van der Waals surface area contributed by atoms with E-state index in [4.69, 9.17) is 4.42 Å². The Morgan fingerprint density at radius 3 is 1.75 bits per heavy atom. The molecule has 3 nitrogen and oxygen atoms in total. The van der Waals surface area contributed by atoms with Crippen molar-refractivity contribution in [1.29, 1.82) is 0 Å². The van der Waals surface area contributed by atoms with Gasteiger partial charge in [0.15, 0.2) is 0 Å². The smallest absolute Gasteiger partial charge is 0.136 e. The number of aromatic nitrogens is 1. The summed E-state index contributed by atoms with van der Waals surface area (Å²) >= 11 is 0. The van der Waals surface area contributed by atoms with Gasteiger partial charge in [0.1, 0.15) is 11.2 Å². The number of para-hydroxylation sites is 3. The average Bonchev–Trinajstić information content (AvgIpc) is 3.88. The second-order valence-corrected chi connectivity index (χ2v) is 15.7. The summed E-state index contributed by atoms with van der Waals surface area (Å²) in [5.74, 6) is 0. The van der Waals surface area contributed by atoms with Crippen LogP contribution in [0.2, 0.25) is 0 Å². The first-order valence-electron chi connectivity index (χ1n) is 20.8. The highest BCUT2D eigenvalue weighted by Crippen LogP contribution is 2.45. The van der Waals surface area contributed by atoms with Crippen LogP contribution >= 0.6 is 0 Å². The number of furan rings is 1. The first-order chi connectivity index (χ1) is 30.2. The van der Waals surface area contributed by atoms with Gasteiger partial charge in [-0.05, 0) is 105 Å². The van der Waals surface area contributed by atoms with E-state index in [1.807, 2.05) is 12.1 Å². The van der Waals surface area contributed by atoms with E-state index < -0.39 is 0 Å². The van der Waals surface area contributed by atoms with E-state index in [-0.39, 0.29) is 0 Å². The molecule has 61 heavy (non-hydrogen) atoms. The second kappa shape index (κ2) is 14.3. The second-order valence-electron chi connectivity index (χ2n) is 15.7. The van der Waals surface area contributed by atoms with Gasteiger partial charge in [-0.1, -0.05) is 164 Å². The third-order valence-electron chi connectivity index (χ3n) is 12.2. The highest BCUT2D eigenvalue weighted by atomic mass is 16.3. The quantitative estimate of drug-likeness (QED) is 0.161. The summed E-state index contributed by atoms with van der Waals surface area (Å²) in [4.78, 5) is 2.43. The molecule has 2 heterocycles. The zero-order valence-corrected chi connectivity index (χ0v) is 33.2. The lowest BCUT2D eigenvalue weighted by Crippen LogP contribution is -2.12. The number of nitrogens with zero attached hydrogens (tertiary/aromatic N) is 2. The average molecular weight is 779 g/mol. The van der Waals surface area contributed by atoms with E-state index in [2.05, 4.69) is 228 Å². The van der Waals surface area contributed by atoms with Gasteiger partial charge in [0.25, 0.3) is 0 Å². The third kappa shape index (κ3) is 5.90. The molecule has 12 aromatic rings. The van der Waals surface area contributed by atoms with Gasteiger partial charge in [-0.3, -0.25) is 0 Å². The summed E-state index contributed by atoms with van der Waals surface area (Å²) < 4.78 is 8.70. The molecule has 0 N–H and O–H groups in total. The highest BCUT2D eigenvalue weighted by Gasteiger charge is 2.21. The molecule has 3 heteroatoms. The van der Waals surface area contributed by atoms with Gasteiger partial charge in [-0.2, -0.15) is 0 Å². The molecule has 0 radical (unpaired) electrons. The number of anilines is 3. The van der Waals surface area contributed by atoms with E-state index in [9.17, 15) is 0 Å². The molecule has 10 aromatic carbocycles. The predicted molar refractivity (Wildman–Crippen MR) is 257 cm³/mol. The molecule has 0 aliphatic carbocycles. The van der Waals surface area contributed by atoms with E-state index in [1.54, 1.807) is 0 Å². The van der Waals surface area contributed by atoms with Gasteiger partial charge in [-0.15, -0.1) is 0 Å². The largest absolute Gasteiger partial charge is 0.456 e. The molecule has 2 aromatic heterocycles. The summed E-state index contributed by atoms with van der Waals surface area (Å²) in [7, 11) is 0. The maximum atomic E-state index is 6.30. The van der Waals surface area contributed by atoms with Crippen molar-refractivity contribution >= 4 is 71.6 Å². The van der Waals surface area contributed by atoms with E-state index >= 15 is 0 Å². The number of hydrogen-bond donors (Lipinski definition) is 0. The Labute approximate surface area is 353 Å². The Hall–Kier alpha value is -8.14. The number of fused-ring (bicyclic) bond motifs is 7. The van der Waals surface area contributed by atoms with Crippen molar-refractivity contribution in [2.45, 2.75) is 0 Å². The number of rotatable bonds is 7. The summed E-state index contributed by atoms with van der Waals surface area (Å²) in [5.41, 5.74) is 15.4. The van der Waals surface area contributed by atoms with Gasteiger partial charge in [0.2, 0.25) is 0 Å². The molecule has 0 bridgehead atoms. The van der Waals surface area contributed by atoms with Gasteiger partial charge in [0.05, 0.1) is 16.7 Å². The van der Waals surface area contributed by atoms with E-state index in [0.29, 0.717) is 0 Å². The van der Waals surface area contributed by atoms with Gasteiger partial charge in [-0.25, -0.2) is 0 Å². The highest BCUT2D eigenvalue weighted by molar-refractivity contribution is 6.12. The van der Waals surface area contributed by atoms with Gasteiger partial charge >= 0.3 is 0 Å². The summed E-state index contributed by atoms with van der Waals surface area (Å²) in [6, 6.07) is 83.1. The van der Waals surface area contributed by atoms with Gasteiger partial charge in [0, 0.05) is 44.2 Å². The number of hydrogen-bond acceptors (Lipinski definition) is 2. The molecule has 0 saturated carbocycles. The normalized spacial score (nSPS) is 11.6. The Balaban J connectivity index is 1.09. The van der Waals surface area contributed by atoms with Crippen LogP contribution in [0.3, 0.4) is 0 Å². The van der Waals surface area contributed by atoms with Crippen LogP contribution in [0.1, 0.15) is 0 Å². The van der Waals surface area contributed by atoms with Crippen molar-refractivity contribution in [3.8, 4) is 39.1 Å². The lowest BCUT2D eigenvalue weighted by atomic mass is 9.95. The summed E-state index contributed by atoms with van der Waals surface area (Å²) in [6.45, 7) is 0. The molecule has 286 valence electrons. The molecule has 0 unspecified atom stereocenters. The number of benzene rings is 10. The molecule has 0 spiro atoms. The minimum Gasteiger partial charge on any atom is -0.456 e. The summed E-state index contributed by atoms with van der Waals surface area (Å²) in [6.07, 6.45) is 0. The first kappa shape index (κ1) is 34.9. The monoisotopic (exact) mass is 778 g/mol. The predicted octanol–water partition coefficient (Wildman–Crippen LogP) is 16.3. The Morgan fingerprint density at radius 2 is 0.951 bits per heavy atom. The Kier molecular flexibility index (Phi) is 8.17. The zero-order valence-electron chi connectivity index (χ0n) is 33.2. The lowest BCUT2D eigenvalue weighted by molar-refractivity contribution is 0.669. The van der Waals surface area contributed by atoms with Crippen LogP contribution in [0.4, 0.5) is 17.1 Å². The molecule has 0 amide bonds. The van der Waals surface area contributed by atoms with Crippen LogP contribution in [0, 0.1) is 0 Å². The lowest BCUT2D eigenvalue weighted by Gasteiger charge is -2.29. The van der Waals surface area contributed by atoms with Crippen LogP contribution < -0.4 is 4.90 Å². The van der Waals surface area contributed by atoms with Crippen molar-refractivity contribution in [2.24, 2.45) is 0 Å². The van der Waals surface area contributed by atoms with E-state index in [1.165, 1.54) is 38.1 Å². The Morgan fingerprint density at radius 1 is 0.344 bits per heavy atom. The molecule has 0 atom stereocenters. The molecule has 12 rings (SSSR count). The minimum absolute atomic E-state index is 0.893. The molecule has 0 saturated heterocycles. The van der Waals surface area contributed by atoms with Crippen molar-refractivity contribution in [2.75, 3.05) is 4.90 Å². The van der Waals surface area contributed by atoms with E-state index in [0.717, 1.165) is 72.5 Å². The fourth-order valence-corrected chi connectivity index (χ4v) is 9.33. The molecule has 0 aliphatic rings. The maximum absolute atomic E-state index is 6.30. The van der Waals surface area contributed by atoms with Crippen LogP contribution in [0.5, 0.6) is 0 Å². The van der Waals surface area contributed by atoms with Crippen LogP contribution in [-0.4, -0.2) is 4.57 Å². The van der Waals surface area contributed by atoms with Gasteiger partial charge < -0.3 is 13.9 Å². The first-order valence-corrected chi connectivity index (χ1v) is 20.8. The molecule has 0 aliphatic heterocycles. The topological polar surface area (TPSA) is 21.3 Å². The standard InChI is InChI=1S/C58H38N2O/c1-2-15-40(16-3-1)48-35-32-44(43-29-28-39-14-4-5-17-42(39)36-43)37-55(48)59(45-33-30-41(31-34-45)49-23-13-27-57-58(49)52-22-8-11-26-56(52)61-57)46-18-12-19-47(38-46)60-53-24-9-6-20-50(53)51-21-7-10-25-54(51)60/h1-38H. The molecular weight excluding hydrogens is 741 g/mol. The van der Waals surface area contributed by atoms with Crippen LogP contribution in [0.25, 0.3) is 93.6 Å². The van der Waals surface area contributed by atoms with Crippen LogP contribution in [-0.2, 0) is 0 Å². The molecular formula is C58H38N2O. The fraction of sp³-hybridized carbons (Fsp3) is 0. The Bertz CT molecular complexity index is 3540. The minimum atomic E-state index is 0.893. The third-order valence-corrected chi connectivity index (χ3v) is 12.2. The summed E-state index contributed by atoms with van der Waals surface area (Å²) in [5, 5.41) is 7.20.